The summed E-state index contributed by atoms with van der Waals surface area (Å²) in [5, 5.41) is 3.02. The minimum absolute atomic E-state index is 0.118. The number of ether oxygens (including phenoxy) is 2. The maximum absolute atomic E-state index is 12.1. The first-order valence-electron chi connectivity index (χ1n) is 9.68. The van der Waals surface area contributed by atoms with Crippen molar-refractivity contribution in [3.63, 3.8) is 0 Å². The van der Waals surface area contributed by atoms with Crippen LogP contribution in [0.15, 0.2) is 18.3 Å². The zero-order valence-corrected chi connectivity index (χ0v) is 16.5. The van der Waals surface area contributed by atoms with Crippen molar-refractivity contribution in [3.05, 3.63) is 23.9 Å². The quantitative estimate of drug-likeness (QED) is 0.814. The largest absolute Gasteiger partial charge is 0.462 e. The molecule has 1 aromatic heterocycles. The lowest BCUT2D eigenvalue weighted by Crippen LogP contribution is -2.51. The van der Waals surface area contributed by atoms with Gasteiger partial charge in [-0.2, -0.15) is 0 Å². The Morgan fingerprint density at radius 2 is 1.89 bits per heavy atom. The van der Waals surface area contributed by atoms with Crippen LogP contribution in [0.3, 0.4) is 0 Å². The van der Waals surface area contributed by atoms with E-state index in [0.29, 0.717) is 24.3 Å². The summed E-state index contributed by atoms with van der Waals surface area (Å²) < 4.78 is 10.4. The number of pyridine rings is 1. The van der Waals surface area contributed by atoms with Crippen molar-refractivity contribution >= 4 is 17.9 Å². The number of nitrogens with one attached hydrogen (secondary N) is 1. The monoisotopic (exact) mass is 375 g/mol. The van der Waals surface area contributed by atoms with E-state index in [0.717, 1.165) is 31.5 Å². The number of carbonyl (C=O) groups is 2. The third-order valence-electron chi connectivity index (χ3n) is 4.98. The van der Waals surface area contributed by atoms with Gasteiger partial charge in [0.25, 0.3) is 0 Å². The molecule has 2 atom stereocenters. The van der Waals surface area contributed by atoms with E-state index in [4.69, 9.17) is 9.47 Å². The predicted octanol–water partition coefficient (Wildman–Crippen LogP) is 3.28. The number of hydrogen-bond donors (Lipinski definition) is 1. The average molecular weight is 375 g/mol. The molecule has 1 amide bonds. The molecule has 2 unspecified atom stereocenters. The number of carbonyl (C=O) groups excluding carboxylic acids is 2. The van der Waals surface area contributed by atoms with Gasteiger partial charge in [0.15, 0.2) is 0 Å². The van der Waals surface area contributed by atoms with Crippen molar-refractivity contribution in [1.82, 2.24) is 10.3 Å². The van der Waals surface area contributed by atoms with Gasteiger partial charge >= 0.3 is 12.1 Å². The van der Waals surface area contributed by atoms with Crippen LogP contribution < -0.4 is 10.2 Å². The number of amides is 1. The standard InChI is InChI=1S/C20H29N3O4/c1-5-26-18(24)13-6-9-17(21-12-13)23-15-7-8-16(23)11-14(10-15)22-19(25)27-20(2,3)4/h6,9,12,14-16H,5,7-8,10-11H2,1-4H3,(H,22,25). The third-order valence-corrected chi connectivity index (χ3v) is 4.98. The van der Waals surface area contributed by atoms with E-state index < -0.39 is 5.60 Å². The molecule has 2 saturated heterocycles. The summed E-state index contributed by atoms with van der Waals surface area (Å²) >= 11 is 0. The molecular weight excluding hydrogens is 346 g/mol. The Morgan fingerprint density at radius 3 is 2.41 bits per heavy atom. The van der Waals surface area contributed by atoms with Gasteiger partial charge < -0.3 is 19.7 Å². The molecule has 7 heteroatoms. The zero-order valence-electron chi connectivity index (χ0n) is 16.5. The minimum atomic E-state index is -0.492. The topological polar surface area (TPSA) is 80.8 Å². The average Bonchev–Trinajstić information content (AvgIpc) is 2.84. The van der Waals surface area contributed by atoms with E-state index in [-0.39, 0.29) is 18.1 Å². The number of esters is 1. The number of nitrogens with zero attached hydrogens (tertiary/aromatic N) is 2. The number of anilines is 1. The fourth-order valence-electron chi connectivity index (χ4n) is 4.02. The molecule has 0 radical (unpaired) electrons. The van der Waals surface area contributed by atoms with E-state index in [1.807, 2.05) is 26.8 Å². The molecule has 0 aromatic carbocycles. The summed E-state index contributed by atoms with van der Waals surface area (Å²) in [5.74, 6) is 0.533. The lowest BCUT2D eigenvalue weighted by atomic mass is 9.97. The highest BCUT2D eigenvalue weighted by molar-refractivity contribution is 5.89. The lowest BCUT2D eigenvalue weighted by Gasteiger charge is -2.40. The van der Waals surface area contributed by atoms with Gasteiger partial charge in [0.1, 0.15) is 11.4 Å². The van der Waals surface area contributed by atoms with Gasteiger partial charge in [0.05, 0.1) is 12.2 Å². The molecule has 2 bridgehead atoms. The molecule has 1 N–H and O–H groups in total. The van der Waals surface area contributed by atoms with Gasteiger partial charge in [0.2, 0.25) is 0 Å². The van der Waals surface area contributed by atoms with Crippen molar-refractivity contribution < 1.29 is 19.1 Å². The Kier molecular flexibility index (Phi) is 5.58. The van der Waals surface area contributed by atoms with Gasteiger partial charge in [0, 0.05) is 24.3 Å². The van der Waals surface area contributed by atoms with Crippen LogP contribution >= 0.6 is 0 Å². The van der Waals surface area contributed by atoms with Crippen LogP contribution in [0.25, 0.3) is 0 Å². The number of hydrogen-bond acceptors (Lipinski definition) is 6. The maximum Gasteiger partial charge on any atom is 0.407 e. The van der Waals surface area contributed by atoms with Crippen LogP contribution in [0.1, 0.15) is 63.7 Å². The van der Waals surface area contributed by atoms with Gasteiger partial charge in [-0.15, -0.1) is 0 Å². The molecule has 3 heterocycles. The predicted molar refractivity (Wildman–Crippen MR) is 102 cm³/mol. The number of piperidine rings is 1. The first-order valence-corrected chi connectivity index (χ1v) is 9.68. The van der Waals surface area contributed by atoms with E-state index in [9.17, 15) is 9.59 Å². The molecule has 27 heavy (non-hydrogen) atoms. The Hall–Kier alpha value is -2.31. The normalized spacial score (nSPS) is 24.4. The second-order valence-electron chi connectivity index (χ2n) is 8.23. The van der Waals surface area contributed by atoms with Crippen molar-refractivity contribution in [2.75, 3.05) is 11.5 Å². The van der Waals surface area contributed by atoms with E-state index in [1.54, 1.807) is 19.2 Å². The Bertz CT molecular complexity index is 669. The smallest absolute Gasteiger partial charge is 0.407 e. The summed E-state index contributed by atoms with van der Waals surface area (Å²) in [6.45, 7) is 7.73. The third kappa shape index (κ3) is 4.70. The SMILES string of the molecule is CCOC(=O)c1ccc(N2C3CCC2CC(NC(=O)OC(C)(C)C)C3)nc1. The lowest BCUT2D eigenvalue weighted by molar-refractivity contribution is 0.0489. The fourth-order valence-corrected chi connectivity index (χ4v) is 4.02. The molecule has 148 valence electrons. The fraction of sp³-hybridized carbons (Fsp3) is 0.650. The van der Waals surface area contributed by atoms with Crippen LogP contribution in [0.2, 0.25) is 0 Å². The van der Waals surface area contributed by atoms with Crippen LogP contribution in [0.5, 0.6) is 0 Å². The van der Waals surface area contributed by atoms with Crippen LogP contribution in [-0.2, 0) is 9.47 Å². The summed E-state index contributed by atoms with van der Waals surface area (Å²) in [4.78, 5) is 30.7. The minimum Gasteiger partial charge on any atom is -0.462 e. The second-order valence-corrected chi connectivity index (χ2v) is 8.23. The van der Waals surface area contributed by atoms with Crippen molar-refractivity contribution in [2.24, 2.45) is 0 Å². The van der Waals surface area contributed by atoms with Gasteiger partial charge in [-0.05, 0) is 65.5 Å². The molecule has 3 rings (SSSR count). The number of alkyl carbamates (subject to hydrolysis) is 1. The molecule has 1 aromatic rings. The molecule has 0 saturated carbocycles. The zero-order chi connectivity index (χ0) is 19.6. The summed E-state index contributed by atoms with van der Waals surface area (Å²) in [7, 11) is 0. The maximum atomic E-state index is 12.1. The number of fused-ring (bicyclic) bond motifs is 2. The highest BCUT2D eigenvalue weighted by Gasteiger charge is 2.42. The number of rotatable bonds is 4. The first kappa shape index (κ1) is 19.5. The first-order chi connectivity index (χ1) is 12.8. The highest BCUT2D eigenvalue weighted by Crippen LogP contribution is 2.38. The number of aromatic nitrogens is 1. The van der Waals surface area contributed by atoms with Gasteiger partial charge in [-0.1, -0.05) is 0 Å². The summed E-state index contributed by atoms with van der Waals surface area (Å²) in [5.41, 5.74) is -0.0246. The summed E-state index contributed by atoms with van der Waals surface area (Å²) in [6.07, 6.45) is 5.14. The molecule has 0 aliphatic carbocycles. The van der Waals surface area contributed by atoms with Gasteiger partial charge in [-0.3, -0.25) is 0 Å². The molecule has 0 spiro atoms. The van der Waals surface area contributed by atoms with Crippen molar-refractivity contribution in [2.45, 2.75) is 77.1 Å². The van der Waals surface area contributed by atoms with Crippen LogP contribution in [-0.4, -0.2) is 47.4 Å². The Balaban J connectivity index is 1.62. The van der Waals surface area contributed by atoms with E-state index in [2.05, 4.69) is 15.2 Å². The Labute approximate surface area is 160 Å². The van der Waals surface area contributed by atoms with Crippen molar-refractivity contribution in [1.29, 1.82) is 0 Å². The van der Waals surface area contributed by atoms with E-state index >= 15 is 0 Å². The Morgan fingerprint density at radius 1 is 1.22 bits per heavy atom. The van der Waals surface area contributed by atoms with Gasteiger partial charge in [-0.25, -0.2) is 14.6 Å². The second kappa shape index (κ2) is 7.74. The van der Waals surface area contributed by atoms with Crippen molar-refractivity contribution in [3.8, 4) is 0 Å². The molecule has 2 aliphatic heterocycles. The molecular formula is C20H29N3O4. The van der Waals surface area contributed by atoms with Crippen LogP contribution in [0.4, 0.5) is 10.6 Å². The van der Waals surface area contributed by atoms with E-state index in [1.165, 1.54) is 0 Å². The van der Waals surface area contributed by atoms with Crippen LogP contribution in [0, 0.1) is 0 Å². The molecule has 2 fully saturated rings. The summed E-state index contributed by atoms with van der Waals surface area (Å²) in [6, 6.07) is 4.45. The molecule has 2 aliphatic rings. The molecule has 7 nitrogen and oxygen atoms in total. The highest BCUT2D eigenvalue weighted by atomic mass is 16.6.